The Bertz CT molecular complexity index is 125. The topological polar surface area (TPSA) is 52.3 Å². The first-order valence-corrected chi connectivity index (χ1v) is 2.09. The standard InChI is InChI=1S/C5H7NO2/c1-3-4(2)8-5(6)7/h1,4H,2H3,(H2,6,7)/t4-/m0/s1. The highest BCUT2D eigenvalue weighted by molar-refractivity contribution is 5.65. The van der Waals surface area contributed by atoms with E-state index in [-0.39, 0.29) is 0 Å². The molecule has 3 nitrogen and oxygen atoms in total. The number of nitrogens with two attached hydrogens (primary N) is 1. The maximum atomic E-state index is 9.87. The number of hydrogen-bond acceptors (Lipinski definition) is 2. The third-order valence-electron chi connectivity index (χ3n) is 0.528. The van der Waals surface area contributed by atoms with Crippen molar-refractivity contribution in [1.29, 1.82) is 0 Å². The summed E-state index contributed by atoms with van der Waals surface area (Å²) in [6.45, 7) is 1.56. The molecule has 44 valence electrons. The van der Waals surface area contributed by atoms with Gasteiger partial charge in [0.2, 0.25) is 0 Å². The van der Waals surface area contributed by atoms with Gasteiger partial charge < -0.3 is 10.5 Å². The van der Waals surface area contributed by atoms with Crippen molar-refractivity contribution >= 4 is 6.09 Å². The van der Waals surface area contributed by atoms with Gasteiger partial charge in [0.1, 0.15) is 0 Å². The monoisotopic (exact) mass is 113 g/mol. The fourth-order valence-corrected chi connectivity index (χ4v) is 0.208. The predicted octanol–water partition coefficient (Wildman–Crippen LogP) is 0.103. The first-order valence-electron chi connectivity index (χ1n) is 2.09. The van der Waals surface area contributed by atoms with Crippen molar-refractivity contribution in [3.63, 3.8) is 0 Å². The van der Waals surface area contributed by atoms with Gasteiger partial charge in [0.15, 0.2) is 6.10 Å². The molecule has 1 amide bonds. The number of primary amides is 1. The molecule has 0 fully saturated rings. The Labute approximate surface area is 47.8 Å². The molecular weight excluding hydrogens is 106 g/mol. The van der Waals surface area contributed by atoms with Gasteiger partial charge in [-0.25, -0.2) is 4.79 Å². The zero-order valence-corrected chi connectivity index (χ0v) is 4.55. The van der Waals surface area contributed by atoms with Gasteiger partial charge >= 0.3 is 6.09 Å². The SMILES string of the molecule is C#C[C@H](C)OC(N)=O. The third kappa shape index (κ3) is 3.04. The molecular formula is C5H7NO2. The van der Waals surface area contributed by atoms with Crippen molar-refractivity contribution in [3.8, 4) is 12.3 Å². The van der Waals surface area contributed by atoms with Gasteiger partial charge in [-0.15, -0.1) is 6.42 Å². The number of hydrogen-bond donors (Lipinski definition) is 1. The molecule has 0 saturated carbocycles. The van der Waals surface area contributed by atoms with Crippen molar-refractivity contribution in [2.45, 2.75) is 13.0 Å². The minimum Gasteiger partial charge on any atom is -0.433 e. The molecule has 0 bridgehead atoms. The Balaban J connectivity index is 3.43. The number of carbonyl (C=O) groups is 1. The molecule has 0 aliphatic heterocycles. The second kappa shape index (κ2) is 2.92. The molecule has 0 rings (SSSR count). The molecule has 0 spiro atoms. The predicted molar refractivity (Wildman–Crippen MR) is 29.0 cm³/mol. The summed E-state index contributed by atoms with van der Waals surface area (Å²) in [5.41, 5.74) is 4.61. The molecule has 2 N–H and O–H groups in total. The van der Waals surface area contributed by atoms with Crippen LogP contribution in [0.5, 0.6) is 0 Å². The van der Waals surface area contributed by atoms with Gasteiger partial charge in [-0.2, -0.15) is 0 Å². The van der Waals surface area contributed by atoms with Crippen LogP contribution in [0.3, 0.4) is 0 Å². The Hall–Kier alpha value is -1.17. The summed E-state index contributed by atoms with van der Waals surface area (Å²) >= 11 is 0. The van der Waals surface area contributed by atoms with Gasteiger partial charge in [0.05, 0.1) is 0 Å². The lowest BCUT2D eigenvalue weighted by Crippen LogP contribution is -2.18. The minimum atomic E-state index is -0.838. The molecule has 8 heavy (non-hydrogen) atoms. The van der Waals surface area contributed by atoms with Crippen LogP contribution in [0.4, 0.5) is 4.79 Å². The van der Waals surface area contributed by atoms with E-state index < -0.39 is 12.2 Å². The third-order valence-corrected chi connectivity index (χ3v) is 0.528. The van der Waals surface area contributed by atoms with Gasteiger partial charge in [-0.3, -0.25) is 0 Å². The summed E-state index contributed by atoms with van der Waals surface area (Å²) < 4.78 is 4.30. The number of amides is 1. The average Bonchev–Trinajstić information content (AvgIpc) is 1.65. The second-order valence-electron chi connectivity index (χ2n) is 1.25. The van der Waals surface area contributed by atoms with Crippen LogP contribution in [0.15, 0.2) is 0 Å². The normalized spacial score (nSPS) is 11.5. The summed E-state index contributed by atoms with van der Waals surface area (Å²) in [6.07, 6.45) is 3.48. The molecule has 1 atom stereocenters. The van der Waals surface area contributed by atoms with Gasteiger partial charge in [0, 0.05) is 0 Å². The maximum Gasteiger partial charge on any atom is 0.405 e. The lowest BCUT2D eigenvalue weighted by molar-refractivity contribution is 0.141. The molecule has 0 unspecified atom stereocenters. The van der Waals surface area contributed by atoms with E-state index in [1.807, 2.05) is 0 Å². The number of carbonyl (C=O) groups excluding carboxylic acids is 1. The first-order chi connectivity index (χ1) is 3.66. The summed E-state index contributed by atoms with van der Waals surface area (Å²) in [6, 6.07) is 0. The molecule has 3 heteroatoms. The van der Waals surface area contributed by atoms with Crippen LogP contribution in [0.25, 0.3) is 0 Å². The molecule has 0 aliphatic carbocycles. The molecule has 0 heterocycles. The Morgan fingerprint density at radius 1 is 2.00 bits per heavy atom. The Morgan fingerprint density at radius 2 is 2.50 bits per heavy atom. The summed E-state index contributed by atoms with van der Waals surface area (Å²) in [5.74, 6) is 2.17. The molecule has 0 aromatic rings. The lowest BCUT2D eigenvalue weighted by Gasteiger charge is -2.00. The van der Waals surface area contributed by atoms with E-state index >= 15 is 0 Å². The largest absolute Gasteiger partial charge is 0.433 e. The highest BCUT2D eigenvalue weighted by atomic mass is 16.6. The van der Waals surface area contributed by atoms with Crippen molar-refractivity contribution in [2.24, 2.45) is 5.73 Å². The van der Waals surface area contributed by atoms with Crippen molar-refractivity contribution in [3.05, 3.63) is 0 Å². The van der Waals surface area contributed by atoms with E-state index in [9.17, 15) is 4.79 Å². The summed E-state index contributed by atoms with van der Waals surface area (Å²) in [7, 11) is 0. The second-order valence-corrected chi connectivity index (χ2v) is 1.25. The van der Waals surface area contributed by atoms with Crippen LogP contribution in [0.2, 0.25) is 0 Å². The van der Waals surface area contributed by atoms with Crippen LogP contribution < -0.4 is 5.73 Å². The van der Waals surface area contributed by atoms with E-state index in [0.717, 1.165) is 0 Å². The fraction of sp³-hybridized carbons (Fsp3) is 0.400. The van der Waals surface area contributed by atoms with Crippen LogP contribution in [0, 0.1) is 12.3 Å². The highest BCUT2D eigenvalue weighted by Crippen LogP contribution is 1.84. The van der Waals surface area contributed by atoms with Crippen LogP contribution in [-0.2, 0) is 4.74 Å². The average molecular weight is 113 g/mol. The quantitative estimate of drug-likeness (QED) is 0.490. The highest BCUT2D eigenvalue weighted by Gasteiger charge is 1.97. The number of rotatable bonds is 1. The number of terminal acetylenes is 1. The lowest BCUT2D eigenvalue weighted by atomic mass is 10.4. The van der Waals surface area contributed by atoms with E-state index in [2.05, 4.69) is 16.4 Å². The maximum absolute atomic E-state index is 9.87. The Kier molecular flexibility index (Phi) is 2.49. The smallest absolute Gasteiger partial charge is 0.405 e. The molecule has 0 aromatic heterocycles. The Morgan fingerprint density at radius 3 is 2.62 bits per heavy atom. The summed E-state index contributed by atoms with van der Waals surface area (Å²) in [5, 5.41) is 0. The molecule has 0 aromatic carbocycles. The molecule has 0 radical (unpaired) electrons. The molecule has 0 saturated heterocycles. The summed E-state index contributed by atoms with van der Waals surface area (Å²) in [4.78, 5) is 9.87. The van der Waals surface area contributed by atoms with E-state index in [1.54, 1.807) is 6.92 Å². The van der Waals surface area contributed by atoms with Crippen molar-refractivity contribution in [2.75, 3.05) is 0 Å². The minimum absolute atomic E-state index is 0.521. The zero-order chi connectivity index (χ0) is 6.57. The fourth-order valence-electron chi connectivity index (χ4n) is 0.208. The van der Waals surface area contributed by atoms with Gasteiger partial charge in [-0.1, -0.05) is 5.92 Å². The van der Waals surface area contributed by atoms with Crippen molar-refractivity contribution in [1.82, 2.24) is 0 Å². The van der Waals surface area contributed by atoms with E-state index in [0.29, 0.717) is 0 Å². The van der Waals surface area contributed by atoms with E-state index in [4.69, 9.17) is 6.42 Å². The van der Waals surface area contributed by atoms with Gasteiger partial charge in [0.25, 0.3) is 0 Å². The van der Waals surface area contributed by atoms with Gasteiger partial charge in [-0.05, 0) is 6.92 Å². The van der Waals surface area contributed by atoms with Crippen LogP contribution in [0.1, 0.15) is 6.92 Å². The number of ether oxygens (including phenoxy) is 1. The van der Waals surface area contributed by atoms with Crippen LogP contribution >= 0.6 is 0 Å². The zero-order valence-electron chi connectivity index (χ0n) is 4.55. The van der Waals surface area contributed by atoms with Crippen molar-refractivity contribution < 1.29 is 9.53 Å². The first kappa shape index (κ1) is 6.83. The molecule has 0 aliphatic rings. The van der Waals surface area contributed by atoms with Crippen LogP contribution in [-0.4, -0.2) is 12.2 Å². The van der Waals surface area contributed by atoms with E-state index in [1.165, 1.54) is 0 Å².